The Balaban J connectivity index is 2.01. The van der Waals surface area contributed by atoms with Gasteiger partial charge in [-0.25, -0.2) is 9.97 Å². The summed E-state index contributed by atoms with van der Waals surface area (Å²) in [6.45, 7) is 5.11. The SMILES string of the molecule is Cc1cccc(C(=N)c2cnc3[nH]cc(C(=O)NC(C)(C)CO)c3n2)c1N. The molecule has 0 fully saturated rings. The molecule has 0 saturated heterocycles. The summed E-state index contributed by atoms with van der Waals surface area (Å²) in [4.78, 5) is 24.2. The maximum absolute atomic E-state index is 12.6. The molecule has 27 heavy (non-hydrogen) atoms. The number of hydrogen-bond donors (Lipinski definition) is 5. The number of aromatic amines is 1. The lowest BCUT2D eigenvalue weighted by Gasteiger charge is -2.23. The number of benzene rings is 1. The Morgan fingerprint density at radius 1 is 1.37 bits per heavy atom. The van der Waals surface area contributed by atoms with Crippen molar-refractivity contribution in [1.82, 2.24) is 20.3 Å². The molecule has 0 saturated carbocycles. The van der Waals surface area contributed by atoms with E-state index < -0.39 is 5.54 Å². The van der Waals surface area contributed by atoms with Crippen LogP contribution >= 0.6 is 0 Å². The number of amides is 1. The van der Waals surface area contributed by atoms with Crippen molar-refractivity contribution in [3.8, 4) is 0 Å². The molecule has 140 valence electrons. The number of rotatable bonds is 5. The number of hydrogen-bond acceptors (Lipinski definition) is 6. The fraction of sp³-hybridized carbons (Fsp3) is 0.263. The highest BCUT2D eigenvalue weighted by Crippen LogP contribution is 2.21. The quantitative estimate of drug-likeness (QED) is 0.346. The van der Waals surface area contributed by atoms with Crippen LogP contribution in [0.5, 0.6) is 0 Å². The maximum atomic E-state index is 12.6. The average molecular weight is 366 g/mol. The molecule has 0 atom stereocenters. The molecule has 0 spiro atoms. The largest absolute Gasteiger partial charge is 0.398 e. The number of fused-ring (bicyclic) bond motifs is 1. The Kier molecular flexibility index (Phi) is 4.67. The Morgan fingerprint density at radius 2 is 2.11 bits per heavy atom. The highest BCUT2D eigenvalue weighted by Gasteiger charge is 2.23. The van der Waals surface area contributed by atoms with Crippen LogP contribution < -0.4 is 11.1 Å². The number of nitrogen functional groups attached to an aromatic ring is 1. The van der Waals surface area contributed by atoms with Crippen molar-refractivity contribution in [2.75, 3.05) is 12.3 Å². The molecule has 3 rings (SSSR count). The summed E-state index contributed by atoms with van der Waals surface area (Å²) in [6.07, 6.45) is 2.99. The van der Waals surface area contributed by atoms with Crippen molar-refractivity contribution >= 4 is 28.5 Å². The van der Waals surface area contributed by atoms with Crippen LogP contribution in [0.3, 0.4) is 0 Å². The molecule has 1 aromatic carbocycles. The number of para-hydroxylation sites is 1. The summed E-state index contributed by atoms with van der Waals surface area (Å²) in [6, 6.07) is 5.46. The molecule has 0 radical (unpaired) electrons. The minimum absolute atomic E-state index is 0.133. The van der Waals surface area contributed by atoms with Crippen molar-refractivity contribution in [2.45, 2.75) is 26.3 Å². The van der Waals surface area contributed by atoms with E-state index >= 15 is 0 Å². The van der Waals surface area contributed by atoms with Crippen LogP contribution in [0, 0.1) is 12.3 Å². The van der Waals surface area contributed by atoms with E-state index in [1.165, 1.54) is 12.4 Å². The van der Waals surface area contributed by atoms with Crippen LogP contribution in [0.2, 0.25) is 0 Å². The summed E-state index contributed by atoms with van der Waals surface area (Å²) in [5.74, 6) is -0.381. The van der Waals surface area contributed by atoms with Crippen LogP contribution in [0.4, 0.5) is 5.69 Å². The predicted molar refractivity (Wildman–Crippen MR) is 104 cm³/mol. The minimum Gasteiger partial charge on any atom is -0.398 e. The van der Waals surface area contributed by atoms with Gasteiger partial charge < -0.3 is 21.1 Å². The number of aromatic nitrogens is 3. The van der Waals surface area contributed by atoms with Crippen molar-refractivity contribution in [3.63, 3.8) is 0 Å². The normalized spacial score (nSPS) is 11.6. The molecule has 0 unspecified atom stereocenters. The topological polar surface area (TPSA) is 141 Å². The Morgan fingerprint density at radius 3 is 2.81 bits per heavy atom. The van der Waals surface area contributed by atoms with Gasteiger partial charge in [0.1, 0.15) is 11.2 Å². The zero-order valence-corrected chi connectivity index (χ0v) is 15.4. The number of aliphatic hydroxyl groups is 1. The second-order valence-electron chi connectivity index (χ2n) is 7.06. The van der Waals surface area contributed by atoms with Crippen LogP contribution in [0.25, 0.3) is 11.2 Å². The molecule has 3 aromatic rings. The van der Waals surface area contributed by atoms with E-state index in [1.54, 1.807) is 19.9 Å². The van der Waals surface area contributed by atoms with Gasteiger partial charge in [-0.3, -0.25) is 10.2 Å². The molecule has 0 aliphatic carbocycles. The van der Waals surface area contributed by atoms with Gasteiger partial charge in [-0.1, -0.05) is 18.2 Å². The fourth-order valence-corrected chi connectivity index (χ4v) is 2.64. The third kappa shape index (κ3) is 3.52. The highest BCUT2D eigenvalue weighted by atomic mass is 16.3. The average Bonchev–Trinajstić information content (AvgIpc) is 3.06. The van der Waals surface area contributed by atoms with E-state index in [9.17, 15) is 9.90 Å². The first-order valence-electron chi connectivity index (χ1n) is 8.45. The number of nitrogens with zero attached hydrogens (tertiary/aromatic N) is 2. The number of anilines is 1. The molecule has 0 aliphatic heterocycles. The lowest BCUT2D eigenvalue weighted by Crippen LogP contribution is -2.46. The maximum Gasteiger partial charge on any atom is 0.255 e. The Bertz CT molecular complexity index is 1040. The molecule has 6 N–H and O–H groups in total. The van der Waals surface area contributed by atoms with E-state index in [4.69, 9.17) is 11.1 Å². The van der Waals surface area contributed by atoms with E-state index in [0.717, 1.165) is 5.56 Å². The molecule has 0 bridgehead atoms. The van der Waals surface area contributed by atoms with Crippen LogP contribution in [-0.2, 0) is 0 Å². The summed E-state index contributed by atoms with van der Waals surface area (Å²) < 4.78 is 0. The van der Waals surface area contributed by atoms with Gasteiger partial charge in [0.2, 0.25) is 0 Å². The van der Waals surface area contributed by atoms with E-state index in [-0.39, 0.29) is 18.2 Å². The van der Waals surface area contributed by atoms with Gasteiger partial charge in [-0.2, -0.15) is 0 Å². The molecule has 2 heterocycles. The third-order valence-corrected chi connectivity index (χ3v) is 4.32. The zero-order valence-electron chi connectivity index (χ0n) is 15.4. The monoisotopic (exact) mass is 366 g/mol. The zero-order chi connectivity index (χ0) is 19.8. The van der Waals surface area contributed by atoms with Gasteiger partial charge in [0.05, 0.1) is 29.6 Å². The number of aliphatic hydroxyl groups excluding tert-OH is 1. The van der Waals surface area contributed by atoms with Gasteiger partial charge in [0, 0.05) is 17.4 Å². The summed E-state index contributed by atoms with van der Waals surface area (Å²) in [5.41, 5.74) is 8.82. The number of nitrogens with two attached hydrogens (primary N) is 1. The minimum atomic E-state index is -0.769. The first kappa shape index (κ1) is 18.5. The summed E-state index contributed by atoms with van der Waals surface area (Å²) >= 11 is 0. The standard InChI is InChI=1S/C19H22N6O2/c1-10-5-4-6-11(14(10)20)15(21)13-8-23-17-16(24-13)12(7-22-17)18(27)25-19(2,3)9-26/h4-8,21,26H,9,20H2,1-3H3,(H,22,23)(H,25,27). The van der Waals surface area contributed by atoms with Crippen LogP contribution in [0.1, 0.15) is 41.0 Å². The van der Waals surface area contributed by atoms with E-state index in [0.29, 0.717) is 33.7 Å². The second kappa shape index (κ2) is 6.81. The first-order valence-corrected chi connectivity index (χ1v) is 8.45. The van der Waals surface area contributed by atoms with Crippen molar-refractivity contribution < 1.29 is 9.90 Å². The summed E-state index contributed by atoms with van der Waals surface area (Å²) in [5, 5.41) is 20.6. The smallest absolute Gasteiger partial charge is 0.255 e. The lowest BCUT2D eigenvalue weighted by atomic mass is 10.0. The van der Waals surface area contributed by atoms with Crippen molar-refractivity contribution in [3.05, 3.63) is 53.0 Å². The molecule has 8 heteroatoms. The molecule has 8 nitrogen and oxygen atoms in total. The fourth-order valence-electron chi connectivity index (χ4n) is 2.64. The molecule has 2 aromatic heterocycles. The number of carbonyl (C=O) groups is 1. The summed E-state index contributed by atoms with van der Waals surface area (Å²) in [7, 11) is 0. The first-order chi connectivity index (χ1) is 12.7. The highest BCUT2D eigenvalue weighted by molar-refractivity contribution is 6.14. The van der Waals surface area contributed by atoms with Crippen LogP contribution in [0.15, 0.2) is 30.6 Å². The van der Waals surface area contributed by atoms with Gasteiger partial charge in [-0.15, -0.1) is 0 Å². The van der Waals surface area contributed by atoms with Crippen molar-refractivity contribution in [2.24, 2.45) is 0 Å². The van der Waals surface area contributed by atoms with Gasteiger partial charge in [0.25, 0.3) is 5.91 Å². The van der Waals surface area contributed by atoms with Gasteiger partial charge >= 0.3 is 0 Å². The molecule has 0 aliphatic rings. The van der Waals surface area contributed by atoms with Crippen LogP contribution in [-0.4, -0.2) is 43.8 Å². The molecular weight excluding hydrogens is 344 g/mol. The number of carbonyl (C=O) groups excluding carboxylic acids is 1. The van der Waals surface area contributed by atoms with E-state index in [1.807, 2.05) is 19.1 Å². The number of H-pyrrole nitrogens is 1. The van der Waals surface area contributed by atoms with E-state index in [2.05, 4.69) is 20.3 Å². The third-order valence-electron chi connectivity index (χ3n) is 4.32. The number of aryl methyl sites for hydroxylation is 1. The molecular formula is C19H22N6O2. The predicted octanol–water partition coefficient (Wildman–Crippen LogP) is 1.77. The van der Waals surface area contributed by atoms with Gasteiger partial charge in [0.15, 0.2) is 5.65 Å². The Labute approximate surface area is 156 Å². The second-order valence-corrected chi connectivity index (χ2v) is 7.06. The lowest BCUT2D eigenvalue weighted by molar-refractivity contribution is 0.0871. The van der Waals surface area contributed by atoms with Crippen molar-refractivity contribution in [1.29, 1.82) is 5.41 Å². The van der Waals surface area contributed by atoms with Gasteiger partial charge in [-0.05, 0) is 26.3 Å². The Hall–Kier alpha value is -3.26. The number of nitrogens with one attached hydrogen (secondary N) is 3. The molecule has 1 amide bonds.